The monoisotopic (exact) mass is 1360 g/mol. The number of thioether (sulfide) groups is 4. The molecule has 0 spiro atoms. The molecule has 5 aromatic rings. The number of unbranched alkanes of at least 4 members (excludes halogenated alkanes) is 4. The van der Waals surface area contributed by atoms with E-state index in [1.165, 1.54) is 93.9 Å². The van der Waals surface area contributed by atoms with Gasteiger partial charge in [-0.05, 0) is 79.5 Å². The third-order valence-corrected chi connectivity index (χ3v) is 22.5. The van der Waals surface area contributed by atoms with Crippen molar-refractivity contribution in [3.8, 4) is 0 Å². The zero-order valence-corrected chi connectivity index (χ0v) is 58.2. The van der Waals surface area contributed by atoms with Crippen LogP contribution in [0.1, 0.15) is 151 Å². The molecule has 17 nitrogen and oxygen atoms in total. The molecule has 490 valence electrons. The van der Waals surface area contributed by atoms with Crippen molar-refractivity contribution in [3.05, 3.63) is 164 Å². The van der Waals surface area contributed by atoms with Gasteiger partial charge in [0.15, 0.2) is 5.12 Å². The molecule has 23 heteroatoms. The Hall–Kier alpha value is -6.37. The number of cyclic esters (lactones) is 2. The molecule has 0 fully saturated rings. The van der Waals surface area contributed by atoms with Gasteiger partial charge in [0.25, 0.3) is 0 Å². The first kappa shape index (κ1) is 71.5. The van der Waals surface area contributed by atoms with Crippen LogP contribution in [-0.4, -0.2) is 119 Å². The summed E-state index contributed by atoms with van der Waals surface area (Å²) in [5.41, 5.74) is 2.83. The van der Waals surface area contributed by atoms with Crippen LogP contribution in [0.2, 0.25) is 0 Å². The van der Waals surface area contributed by atoms with Gasteiger partial charge in [-0.3, -0.25) is 34.0 Å². The van der Waals surface area contributed by atoms with Gasteiger partial charge < -0.3 is 30.7 Å². The van der Waals surface area contributed by atoms with Crippen molar-refractivity contribution in [1.82, 2.24) is 31.2 Å². The number of carbonyl (C=O) groups excluding carboxylic acids is 7. The number of esters is 2. The number of hydrogen-bond acceptors (Lipinski definition) is 19. The second-order valence-corrected chi connectivity index (χ2v) is 30.2. The smallest absolute Gasteiger partial charge is 0.329 e. The van der Waals surface area contributed by atoms with Crippen LogP contribution in [-0.2, 0) is 60.9 Å². The van der Waals surface area contributed by atoms with Crippen LogP contribution in [0.3, 0.4) is 0 Å². The molecule has 92 heavy (non-hydrogen) atoms. The lowest BCUT2D eigenvalue weighted by molar-refractivity contribution is -0.154. The molecule has 9 rings (SSSR count). The maximum atomic E-state index is 13.6. The van der Waals surface area contributed by atoms with Crippen molar-refractivity contribution in [1.29, 1.82) is 0 Å². The molecule has 8 bridgehead atoms. The molecule has 0 saturated heterocycles. The number of allylic oxidation sites excluding steroid dienone is 2. The standard InChI is InChI=1S/C40H42N4O4S3.C29H42N4O5S3/c1-27(2)35-37(46)48-31(23-33(45)41-24-34-42-32(25-49-34)36-44-39(3,26-50-36)38(47)43-35)21-13-14-22-51-40(28-15-7-4-8-16-28,29-17-9-5-10-18-29)30-19-11-6-12-20-30;1-5-6-7-8-9-13-24(35)39-14-11-10-12-20-15-22(34)30-16-23-31-21(17-40-23)26-33-29(4,18-41-26)28(37)32-25(19(2)3)27(36)38-20/h4-13,15-21,25,27,31,35H,14,22-24,26H2,1-3H3,(H,41,45)(H,43,47);10,12,17,19-20,25H,5-9,11,13-16,18H2,1-4H3,(H,30,34)(H,32,37)/b21-13+;12-10+/t31?,35-,39-;20?,25-,29-/m00/s1. The highest BCUT2D eigenvalue weighted by Crippen LogP contribution is 2.49. The van der Waals surface area contributed by atoms with Crippen LogP contribution in [0, 0.1) is 11.8 Å². The van der Waals surface area contributed by atoms with Crippen molar-refractivity contribution in [3.63, 3.8) is 0 Å². The summed E-state index contributed by atoms with van der Waals surface area (Å²) >= 11 is 8.91. The SMILES string of the molecule is CC(C)[C@@H]1NC(=O)[C@]2(C)CSC(=N2)c2csc(n2)CNC(=O)CC(/C=C/CCSC(c2ccccc2)(c2ccccc2)c2ccccc2)OC1=O.CCCCCCCC(=O)SCC/C=C/C1CC(=O)NCc2nc(cs2)C2=N[C@@](C)(CS2)C(=O)N[C@@H](C(C)C)C(=O)O1. The zero-order chi connectivity index (χ0) is 65.7. The molecule has 4 aliphatic heterocycles. The molecule has 3 aromatic carbocycles. The molecule has 0 aliphatic carbocycles. The number of rotatable bonds is 20. The molecule has 6 atom stereocenters. The van der Waals surface area contributed by atoms with Gasteiger partial charge in [0.2, 0.25) is 23.6 Å². The molecular formula is C69H84N8O9S6. The van der Waals surface area contributed by atoms with E-state index >= 15 is 0 Å². The number of amides is 4. The van der Waals surface area contributed by atoms with Crippen LogP contribution in [0.5, 0.6) is 0 Å². The predicted octanol–water partition coefficient (Wildman–Crippen LogP) is 12.2. The Morgan fingerprint density at radius 3 is 1.47 bits per heavy atom. The molecule has 4 amide bonds. The normalized spacial score (nSPS) is 22.6. The molecule has 2 unspecified atom stereocenters. The minimum Gasteiger partial charge on any atom is -0.456 e. The van der Waals surface area contributed by atoms with Gasteiger partial charge in [-0.2, -0.15) is 0 Å². The van der Waals surface area contributed by atoms with Crippen LogP contribution in [0.25, 0.3) is 0 Å². The lowest BCUT2D eigenvalue weighted by atomic mass is 9.84. The largest absolute Gasteiger partial charge is 0.456 e. The first-order chi connectivity index (χ1) is 44.3. The maximum Gasteiger partial charge on any atom is 0.329 e. The summed E-state index contributed by atoms with van der Waals surface area (Å²) in [5, 5.41) is 18.3. The number of hydrogen-bond donors (Lipinski definition) is 4. The minimum absolute atomic E-state index is 0.0609. The quantitative estimate of drug-likeness (QED) is 0.0245. The van der Waals surface area contributed by atoms with E-state index in [2.05, 4.69) is 116 Å². The van der Waals surface area contributed by atoms with Crippen LogP contribution < -0.4 is 21.3 Å². The van der Waals surface area contributed by atoms with Crippen molar-refractivity contribution < 1.29 is 43.0 Å². The Balaban J connectivity index is 0.000000243. The highest BCUT2D eigenvalue weighted by Gasteiger charge is 2.44. The Morgan fingerprint density at radius 1 is 0.620 bits per heavy atom. The summed E-state index contributed by atoms with van der Waals surface area (Å²) in [5.74, 6) is -0.689. The van der Waals surface area contributed by atoms with Crippen LogP contribution in [0.15, 0.2) is 136 Å². The predicted molar refractivity (Wildman–Crippen MR) is 375 cm³/mol. The van der Waals surface area contributed by atoms with E-state index in [-0.39, 0.29) is 66.5 Å². The van der Waals surface area contributed by atoms with E-state index in [9.17, 15) is 33.6 Å². The van der Waals surface area contributed by atoms with Crippen molar-refractivity contribution >= 4 is 120 Å². The second kappa shape index (κ2) is 34.7. The molecule has 0 saturated carbocycles. The first-order valence-corrected chi connectivity index (χ1v) is 37.2. The highest BCUT2D eigenvalue weighted by atomic mass is 32.2. The number of nitrogens with one attached hydrogen (secondary N) is 4. The highest BCUT2D eigenvalue weighted by molar-refractivity contribution is 8.15. The van der Waals surface area contributed by atoms with Gasteiger partial charge in [0.1, 0.15) is 66.9 Å². The summed E-state index contributed by atoms with van der Waals surface area (Å²) < 4.78 is 11.3. The Morgan fingerprint density at radius 2 is 1.04 bits per heavy atom. The lowest BCUT2D eigenvalue weighted by Gasteiger charge is -2.35. The topological polar surface area (TPSA) is 237 Å². The number of aliphatic imine (C=N–C) groups is 2. The van der Waals surface area contributed by atoms with Gasteiger partial charge in [-0.25, -0.2) is 19.6 Å². The van der Waals surface area contributed by atoms with E-state index in [1.807, 2.05) is 80.6 Å². The fourth-order valence-corrected chi connectivity index (χ4v) is 16.5. The van der Waals surface area contributed by atoms with Gasteiger partial charge in [-0.1, -0.05) is 175 Å². The third kappa shape index (κ3) is 19.8. The van der Waals surface area contributed by atoms with Crippen LogP contribution >= 0.6 is 69.7 Å². The van der Waals surface area contributed by atoms with Crippen molar-refractivity contribution in [2.24, 2.45) is 21.8 Å². The zero-order valence-electron chi connectivity index (χ0n) is 53.3. The summed E-state index contributed by atoms with van der Waals surface area (Å²) in [7, 11) is 0. The Bertz CT molecular complexity index is 3350. The molecule has 2 aromatic heterocycles. The summed E-state index contributed by atoms with van der Waals surface area (Å²) in [4.78, 5) is 110. The summed E-state index contributed by atoms with van der Waals surface area (Å²) in [6.45, 7) is 13.6. The Kier molecular flexibility index (Phi) is 26.9. The van der Waals surface area contributed by atoms with Crippen LogP contribution in [0.4, 0.5) is 0 Å². The number of fused-ring (bicyclic) bond motifs is 8. The fourth-order valence-electron chi connectivity index (χ4n) is 10.4. The van der Waals surface area contributed by atoms with Crippen molar-refractivity contribution in [2.75, 3.05) is 23.0 Å². The molecule has 4 N–H and O–H groups in total. The number of ether oxygens (including phenoxy) is 2. The first-order valence-electron chi connectivity index (χ1n) is 31.5. The molecular weight excluding hydrogens is 1280 g/mol. The van der Waals surface area contributed by atoms with Gasteiger partial charge in [0.05, 0.1) is 30.7 Å². The summed E-state index contributed by atoms with van der Waals surface area (Å²) in [6.07, 6.45) is 13.0. The van der Waals surface area contributed by atoms with Gasteiger partial charge in [-0.15, -0.1) is 58.0 Å². The second-order valence-electron chi connectivity index (χ2n) is 24.0. The third-order valence-electron chi connectivity index (χ3n) is 15.7. The minimum atomic E-state index is -1.05. The van der Waals surface area contributed by atoms with Gasteiger partial charge in [0, 0.05) is 34.4 Å². The number of thiazole rings is 2. The van der Waals surface area contributed by atoms with Gasteiger partial charge >= 0.3 is 11.9 Å². The number of carbonyl (C=O) groups is 7. The van der Waals surface area contributed by atoms with E-state index in [0.717, 1.165) is 28.6 Å². The fraction of sp³-hybridized carbons (Fsp3) is 0.464. The molecule has 4 aliphatic rings. The average molecular weight is 1360 g/mol. The van der Waals surface area contributed by atoms with E-state index in [4.69, 9.17) is 14.5 Å². The summed E-state index contributed by atoms with van der Waals surface area (Å²) in [6, 6.07) is 29.8. The lowest BCUT2D eigenvalue weighted by Crippen LogP contribution is -2.53. The maximum absolute atomic E-state index is 13.6. The number of nitrogens with zero attached hydrogens (tertiary/aromatic N) is 4. The molecule has 0 radical (unpaired) electrons. The molecule has 6 heterocycles. The van der Waals surface area contributed by atoms with E-state index < -0.39 is 52.1 Å². The van der Waals surface area contributed by atoms with E-state index in [0.29, 0.717) is 58.0 Å². The van der Waals surface area contributed by atoms with Crippen molar-refractivity contribution in [2.45, 2.75) is 166 Å². The Labute approximate surface area is 565 Å². The number of benzene rings is 3. The van der Waals surface area contributed by atoms with E-state index in [1.54, 1.807) is 26.0 Å². The average Bonchev–Trinajstić information content (AvgIpc) is 1.09. The number of aromatic nitrogens is 2.